The van der Waals surface area contributed by atoms with Crippen LogP contribution < -0.4 is 11.1 Å². The summed E-state index contributed by atoms with van der Waals surface area (Å²) >= 11 is 0. The number of rotatable bonds is 4. The van der Waals surface area contributed by atoms with Gasteiger partial charge in [0.05, 0.1) is 11.8 Å². The largest absolute Gasteiger partial charge is 0.461 e. The van der Waals surface area contributed by atoms with Crippen molar-refractivity contribution in [2.24, 2.45) is 0 Å². The molecule has 0 aliphatic heterocycles. The number of aromatic nitrogens is 2. The third-order valence-electron chi connectivity index (χ3n) is 4.08. The van der Waals surface area contributed by atoms with Crippen LogP contribution in [0.2, 0.25) is 0 Å². The molecule has 0 amide bonds. The van der Waals surface area contributed by atoms with Crippen LogP contribution in [0, 0.1) is 0 Å². The van der Waals surface area contributed by atoms with Crippen molar-refractivity contribution in [2.75, 3.05) is 11.1 Å². The van der Waals surface area contributed by atoms with Gasteiger partial charge in [0.25, 0.3) is 0 Å². The highest BCUT2D eigenvalue weighted by Crippen LogP contribution is 2.30. The molecular weight excluding hydrogens is 324 g/mol. The van der Waals surface area contributed by atoms with E-state index in [1.165, 1.54) is 0 Å². The monoisotopic (exact) mass is 344 g/mol. The molecule has 0 atom stereocenters. The second-order valence-electron chi connectivity index (χ2n) is 6.53. The molecule has 0 fully saturated rings. The first-order chi connectivity index (χ1) is 12.6. The van der Waals surface area contributed by atoms with E-state index in [-0.39, 0.29) is 6.04 Å². The summed E-state index contributed by atoms with van der Waals surface area (Å²) in [6.45, 7) is 4.17. The van der Waals surface area contributed by atoms with E-state index in [1.807, 2.05) is 42.5 Å². The molecule has 2 heterocycles. The fraction of sp³-hybridized carbons (Fsp3) is 0.143. The number of anilines is 2. The summed E-state index contributed by atoms with van der Waals surface area (Å²) in [7, 11) is 0. The molecule has 0 saturated heterocycles. The topological polar surface area (TPSA) is 77.0 Å². The Hall–Kier alpha value is -3.34. The lowest BCUT2D eigenvalue weighted by atomic mass is 10.0. The molecule has 0 radical (unpaired) electrons. The Morgan fingerprint density at radius 1 is 0.962 bits per heavy atom. The average Bonchev–Trinajstić information content (AvgIpc) is 3.15. The Morgan fingerprint density at radius 2 is 1.81 bits per heavy atom. The summed E-state index contributed by atoms with van der Waals surface area (Å²) in [5.41, 5.74) is 9.68. The Morgan fingerprint density at radius 3 is 2.54 bits per heavy atom. The van der Waals surface area contributed by atoms with E-state index in [9.17, 15) is 0 Å². The van der Waals surface area contributed by atoms with Crippen LogP contribution >= 0.6 is 0 Å². The minimum atomic E-state index is 0.244. The number of benzene rings is 2. The van der Waals surface area contributed by atoms with Gasteiger partial charge in [-0.25, -0.2) is 9.97 Å². The zero-order valence-electron chi connectivity index (χ0n) is 14.7. The molecule has 5 heteroatoms. The van der Waals surface area contributed by atoms with E-state index < -0.39 is 0 Å². The SMILES string of the molecule is CC(C)Nc1nc(-c2ccco2)nc2ccc(-c3cccc(N)c3)cc12. The fourth-order valence-corrected chi connectivity index (χ4v) is 2.93. The van der Waals surface area contributed by atoms with Crippen molar-refractivity contribution in [1.29, 1.82) is 0 Å². The molecular formula is C21H20N4O. The maximum Gasteiger partial charge on any atom is 0.198 e. The van der Waals surface area contributed by atoms with Gasteiger partial charge in [0.1, 0.15) is 5.82 Å². The molecule has 2 aromatic heterocycles. The first-order valence-electron chi connectivity index (χ1n) is 8.58. The first-order valence-corrected chi connectivity index (χ1v) is 8.58. The van der Waals surface area contributed by atoms with E-state index in [2.05, 4.69) is 36.3 Å². The Labute approximate surface area is 151 Å². The van der Waals surface area contributed by atoms with E-state index in [0.29, 0.717) is 11.6 Å². The lowest BCUT2D eigenvalue weighted by Crippen LogP contribution is -2.12. The van der Waals surface area contributed by atoms with E-state index in [1.54, 1.807) is 6.26 Å². The maximum absolute atomic E-state index is 5.93. The highest BCUT2D eigenvalue weighted by molar-refractivity contribution is 5.94. The Bertz CT molecular complexity index is 1050. The van der Waals surface area contributed by atoms with Crippen LogP contribution in [-0.4, -0.2) is 16.0 Å². The molecule has 0 saturated carbocycles. The van der Waals surface area contributed by atoms with Crippen molar-refractivity contribution in [3.63, 3.8) is 0 Å². The van der Waals surface area contributed by atoms with Crippen molar-refractivity contribution in [3.05, 3.63) is 60.9 Å². The quantitative estimate of drug-likeness (QED) is 0.512. The van der Waals surface area contributed by atoms with Crippen LogP contribution in [0.5, 0.6) is 0 Å². The number of hydrogen-bond donors (Lipinski definition) is 2. The standard InChI is InChI=1S/C21H20N4O/c1-13(2)23-20-17-12-15(14-5-3-6-16(22)11-14)8-9-18(17)24-21(25-20)19-7-4-10-26-19/h3-13H,22H2,1-2H3,(H,23,24,25). The van der Waals surface area contributed by atoms with Gasteiger partial charge < -0.3 is 15.5 Å². The molecule has 0 unspecified atom stereocenters. The van der Waals surface area contributed by atoms with Crippen LogP contribution in [0.1, 0.15) is 13.8 Å². The van der Waals surface area contributed by atoms with Gasteiger partial charge in [0, 0.05) is 17.1 Å². The van der Waals surface area contributed by atoms with Gasteiger partial charge >= 0.3 is 0 Å². The number of nitrogens with zero attached hydrogens (tertiary/aromatic N) is 2. The van der Waals surface area contributed by atoms with Gasteiger partial charge in [-0.15, -0.1) is 0 Å². The highest BCUT2D eigenvalue weighted by Gasteiger charge is 2.13. The zero-order chi connectivity index (χ0) is 18.1. The number of hydrogen-bond acceptors (Lipinski definition) is 5. The summed E-state index contributed by atoms with van der Waals surface area (Å²) < 4.78 is 5.47. The number of nitrogens with two attached hydrogens (primary N) is 1. The number of fused-ring (bicyclic) bond motifs is 1. The first kappa shape index (κ1) is 16.1. The number of furan rings is 1. The van der Waals surface area contributed by atoms with Crippen LogP contribution in [0.4, 0.5) is 11.5 Å². The summed E-state index contributed by atoms with van der Waals surface area (Å²) in [5.74, 6) is 2.02. The molecule has 5 nitrogen and oxygen atoms in total. The van der Waals surface area contributed by atoms with E-state index in [0.717, 1.165) is 33.5 Å². The molecule has 0 aliphatic carbocycles. The lowest BCUT2D eigenvalue weighted by Gasteiger charge is -2.14. The van der Waals surface area contributed by atoms with E-state index >= 15 is 0 Å². The van der Waals surface area contributed by atoms with Gasteiger partial charge in [-0.3, -0.25) is 0 Å². The van der Waals surface area contributed by atoms with Crippen molar-refractivity contribution in [2.45, 2.75) is 19.9 Å². The molecule has 0 spiro atoms. The minimum absolute atomic E-state index is 0.244. The van der Waals surface area contributed by atoms with Crippen LogP contribution in [0.15, 0.2) is 65.3 Å². The fourth-order valence-electron chi connectivity index (χ4n) is 2.93. The van der Waals surface area contributed by atoms with Gasteiger partial charge in [0.2, 0.25) is 0 Å². The van der Waals surface area contributed by atoms with Gasteiger partial charge in [-0.05, 0) is 61.4 Å². The maximum atomic E-state index is 5.93. The van der Waals surface area contributed by atoms with E-state index in [4.69, 9.17) is 15.1 Å². The highest BCUT2D eigenvalue weighted by atomic mass is 16.3. The second-order valence-corrected chi connectivity index (χ2v) is 6.53. The summed E-state index contributed by atoms with van der Waals surface area (Å²) in [6.07, 6.45) is 1.63. The van der Waals surface area contributed by atoms with Crippen molar-refractivity contribution in [1.82, 2.24) is 9.97 Å². The molecule has 26 heavy (non-hydrogen) atoms. The molecule has 4 aromatic rings. The molecule has 2 aromatic carbocycles. The molecule has 0 bridgehead atoms. The van der Waals surface area contributed by atoms with Crippen LogP contribution in [-0.2, 0) is 0 Å². The number of nitrogen functional groups attached to an aromatic ring is 1. The molecule has 4 rings (SSSR count). The van der Waals surface area contributed by atoms with Gasteiger partial charge in [-0.1, -0.05) is 18.2 Å². The Balaban J connectivity index is 1.89. The Kier molecular flexibility index (Phi) is 4.05. The number of nitrogens with one attached hydrogen (secondary N) is 1. The predicted molar refractivity (Wildman–Crippen MR) is 106 cm³/mol. The third-order valence-corrected chi connectivity index (χ3v) is 4.08. The normalized spacial score (nSPS) is 11.2. The van der Waals surface area contributed by atoms with Crippen molar-refractivity contribution < 1.29 is 4.42 Å². The minimum Gasteiger partial charge on any atom is -0.461 e. The van der Waals surface area contributed by atoms with Crippen LogP contribution in [0.25, 0.3) is 33.6 Å². The predicted octanol–water partition coefficient (Wildman–Crippen LogP) is 4.96. The molecule has 0 aliphatic rings. The molecule has 3 N–H and O–H groups in total. The van der Waals surface area contributed by atoms with Gasteiger partial charge in [-0.2, -0.15) is 0 Å². The summed E-state index contributed by atoms with van der Waals surface area (Å²) in [4.78, 5) is 9.36. The van der Waals surface area contributed by atoms with Crippen molar-refractivity contribution in [3.8, 4) is 22.7 Å². The summed E-state index contributed by atoms with van der Waals surface area (Å²) in [6, 6.07) is 18.0. The van der Waals surface area contributed by atoms with Crippen LogP contribution in [0.3, 0.4) is 0 Å². The lowest BCUT2D eigenvalue weighted by molar-refractivity contribution is 0.577. The second kappa shape index (κ2) is 6.52. The third kappa shape index (κ3) is 3.11. The van der Waals surface area contributed by atoms with Gasteiger partial charge in [0.15, 0.2) is 11.6 Å². The smallest absolute Gasteiger partial charge is 0.198 e. The average molecular weight is 344 g/mol. The molecule has 130 valence electrons. The van der Waals surface area contributed by atoms with Crippen molar-refractivity contribution >= 4 is 22.4 Å². The summed E-state index contributed by atoms with van der Waals surface area (Å²) in [5, 5.41) is 4.39. The zero-order valence-corrected chi connectivity index (χ0v) is 14.7.